The van der Waals surface area contributed by atoms with Crippen molar-refractivity contribution in [2.45, 2.75) is 30.5 Å². The molecule has 2 aromatic heterocycles. The van der Waals surface area contributed by atoms with Gasteiger partial charge in [-0.15, -0.1) is 23.1 Å². The van der Waals surface area contributed by atoms with Crippen LogP contribution in [-0.4, -0.2) is 33.5 Å². The first kappa shape index (κ1) is 13.6. The van der Waals surface area contributed by atoms with Crippen LogP contribution in [-0.2, 0) is 0 Å². The molecule has 0 saturated carbocycles. The van der Waals surface area contributed by atoms with E-state index in [2.05, 4.69) is 28.3 Å². The number of rotatable bonds is 6. The van der Waals surface area contributed by atoms with Gasteiger partial charge in [0.1, 0.15) is 9.86 Å². The van der Waals surface area contributed by atoms with Crippen LogP contribution < -0.4 is 5.32 Å². The molecule has 0 saturated heterocycles. The Hall–Kier alpha value is -0.850. The Morgan fingerprint density at radius 3 is 3.06 bits per heavy atom. The van der Waals surface area contributed by atoms with E-state index in [1.807, 2.05) is 12.3 Å². The molecule has 1 atom stereocenters. The van der Waals surface area contributed by atoms with Gasteiger partial charge in [-0.1, -0.05) is 6.92 Å². The monoisotopic (exact) mass is 283 g/mol. The highest BCUT2D eigenvalue weighted by Gasteiger charge is 2.12. The zero-order valence-electron chi connectivity index (χ0n) is 10.5. The second-order valence-electron chi connectivity index (χ2n) is 3.96. The van der Waals surface area contributed by atoms with Crippen molar-refractivity contribution >= 4 is 39.3 Å². The molecule has 2 N–H and O–H groups in total. The van der Waals surface area contributed by atoms with Crippen molar-refractivity contribution in [2.75, 3.05) is 18.5 Å². The lowest BCUT2D eigenvalue weighted by Crippen LogP contribution is -2.04. The van der Waals surface area contributed by atoms with E-state index in [0.29, 0.717) is 11.2 Å². The summed E-state index contributed by atoms with van der Waals surface area (Å²) >= 11 is 3.33. The molecule has 4 nitrogen and oxygen atoms in total. The minimum atomic E-state index is 0.214. The van der Waals surface area contributed by atoms with Crippen molar-refractivity contribution in [2.24, 2.45) is 0 Å². The van der Waals surface area contributed by atoms with E-state index in [1.54, 1.807) is 23.1 Å². The standard InChI is InChI=1S/C12H17N3OS2/c1-3-13-12-14-10-9(5-7-17-10)11(15-12)18-8(2)4-6-16/h5,7-8,16H,3-4,6H2,1-2H3,(H,13,14,15). The number of thiophene rings is 1. The van der Waals surface area contributed by atoms with Gasteiger partial charge in [0.25, 0.3) is 0 Å². The van der Waals surface area contributed by atoms with E-state index >= 15 is 0 Å². The number of aliphatic hydroxyl groups excluding tert-OH is 1. The summed E-state index contributed by atoms with van der Waals surface area (Å²) in [4.78, 5) is 10.0. The van der Waals surface area contributed by atoms with Gasteiger partial charge in [0.05, 0.1) is 0 Å². The molecule has 0 aliphatic rings. The predicted octanol–water partition coefficient (Wildman–Crippen LogP) is 2.99. The summed E-state index contributed by atoms with van der Waals surface area (Å²) in [7, 11) is 0. The highest BCUT2D eigenvalue weighted by atomic mass is 32.2. The van der Waals surface area contributed by atoms with E-state index in [4.69, 9.17) is 5.11 Å². The Kier molecular flexibility index (Phi) is 4.79. The molecule has 2 aromatic rings. The Bertz CT molecular complexity index is 515. The van der Waals surface area contributed by atoms with Gasteiger partial charge in [-0.3, -0.25) is 0 Å². The predicted molar refractivity (Wildman–Crippen MR) is 78.6 cm³/mol. The van der Waals surface area contributed by atoms with E-state index < -0.39 is 0 Å². The molecule has 0 aliphatic carbocycles. The molecule has 0 radical (unpaired) electrons. The summed E-state index contributed by atoms with van der Waals surface area (Å²) in [5.74, 6) is 0.686. The zero-order chi connectivity index (χ0) is 13.0. The first-order chi connectivity index (χ1) is 8.74. The van der Waals surface area contributed by atoms with Crippen LogP contribution in [0.1, 0.15) is 20.3 Å². The molecule has 98 valence electrons. The van der Waals surface area contributed by atoms with Crippen molar-refractivity contribution in [3.8, 4) is 0 Å². The van der Waals surface area contributed by atoms with E-state index in [0.717, 1.165) is 28.2 Å². The molecule has 0 bridgehead atoms. The lowest BCUT2D eigenvalue weighted by Gasteiger charge is -2.10. The second-order valence-corrected chi connectivity index (χ2v) is 6.28. The number of nitrogens with one attached hydrogen (secondary N) is 1. The fourth-order valence-corrected chi connectivity index (χ4v) is 3.45. The maximum absolute atomic E-state index is 8.97. The van der Waals surface area contributed by atoms with Gasteiger partial charge >= 0.3 is 0 Å². The molecule has 0 aliphatic heterocycles. The fourth-order valence-electron chi connectivity index (χ4n) is 1.59. The van der Waals surface area contributed by atoms with Gasteiger partial charge in [0.2, 0.25) is 5.95 Å². The summed E-state index contributed by atoms with van der Waals surface area (Å²) in [6, 6.07) is 2.06. The smallest absolute Gasteiger partial charge is 0.225 e. The van der Waals surface area contributed by atoms with Crippen molar-refractivity contribution in [1.29, 1.82) is 0 Å². The van der Waals surface area contributed by atoms with Crippen molar-refractivity contribution in [1.82, 2.24) is 9.97 Å². The molecule has 6 heteroatoms. The topological polar surface area (TPSA) is 58.0 Å². The van der Waals surface area contributed by atoms with Crippen LogP contribution in [0.5, 0.6) is 0 Å². The molecule has 2 rings (SSSR count). The third-order valence-electron chi connectivity index (χ3n) is 2.47. The van der Waals surface area contributed by atoms with Crippen molar-refractivity contribution in [3.63, 3.8) is 0 Å². The Morgan fingerprint density at radius 1 is 1.50 bits per heavy atom. The van der Waals surface area contributed by atoms with E-state index in [-0.39, 0.29) is 6.61 Å². The maximum atomic E-state index is 8.97. The molecule has 1 unspecified atom stereocenters. The van der Waals surface area contributed by atoms with Gasteiger partial charge in [-0.2, -0.15) is 0 Å². The minimum absolute atomic E-state index is 0.214. The number of hydrogen-bond donors (Lipinski definition) is 2. The third-order valence-corrected chi connectivity index (χ3v) is 4.45. The van der Waals surface area contributed by atoms with Crippen LogP contribution in [0.15, 0.2) is 16.5 Å². The quantitative estimate of drug-likeness (QED) is 0.630. The highest BCUT2D eigenvalue weighted by Crippen LogP contribution is 2.32. The number of nitrogens with zero attached hydrogens (tertiary/aromatic N) is 2. The summed E-state index contributed by atoms with van der Waals surface area (Å²) < 4.78 is 0. The fraction of sp³-hybridized carbons (Fsp3) is 0.500. The Balaban J connectivity index is 2.31. The number of fused-ring (bicyclic) bond motifs is 1. The average molecular weight is 283 g/mol. The van der Waals surface area contributed by atoms with Crippen molar-refractivity contribution in [3.05, 3.63) is 11.4 Å². The minimum Gasteiger partial charge on any atom is -0.396 e. The average Bonchev–Trinajstić information content (AvgIpc) is 2.78. The number of thioether (sulfide) groups is 1. The molecule has 0 amide bonds. The molecular formula is C12H17N3OS2. The number of anilines is 1. The van der Waals surface area contributed by atoms with Crippen LogP contribution in [0.4, 0.5) is 5.95 Å². The van der Waals surface area contributed by atoms with Crippen LogP contribution in [0.2, 0.25) is 0 Å². The third kappa shape index (κ3) is 3.13. The van der Waals surface area contributed by atoms with E-state index in [9.17, 15) is 0 Å². The van der Waals surface area contributed by atoms with Gasteiger partial charge < -0.3 is 10.4 Å². The number of aliphatic hydroxyl groups is 1. The molecule has 2 heterocycles. The summed E-state index contributed by atoms with van der Waals surface area (Å²) in [6.45, 7) is 5.16. The first-order valence-electron chi connectivity index (χ1n) is 6.01. The van der Waals surface area contributed by atoms with Gasteiger partial charge in [0, 0.05) is 23.8 Å². The normalized spacial score (nSPS) is 12.8. The lowest BCUT2D eigenvalue weighted by molar-refractivity contribution is 0.289. The zero-order valence-corrected chi connectivity index (χ0v) is 12.1. The maximum Gasteiger partial charge on any atom is 0.225 e. The van der Waals surface area contributed by atoms with Crippen LogP contribution >= 0.6 is 23.1 Å². The molecule has 0 fully saturated rings. The van der Waals surface area contributed by atoms with Crippen LogP contribution in [0, 0.1) is 0 Å². The SMILES string of the molecule is CCNc1nc(SC(C)CCO)c2ccsc2n1. The Labute approximate surface area is 115 Å². The van der Waals surface area contributed by atoms with Crippen molar-refractivity contribution < 1.29 is 5.11 Å². The lowest BCUT2D eigenvalue weighted by atomic mass is 10.3. The number of aromatic nitrogens is 2. The highest BCUT2D eigenvalue weighted by molar-refractivity contribution is 8.00. The molecule has 18 heavy (non-hydrogen) atoms. The second kappa shape index (κ2) is 6.36. The first-order valence-corrected chi connectivity index (χ1v) is 7.77. The molecule has 0 spiro atoms. The largest absolute Gasteiger partial charge is 0.396 e. The summed E-state index contributed by atoms with van der Waals surface area (Å²) in [5.41, 5.74) is 0. The summed E-state index contributed by atoms with van der Waals surface area (Å²) in [5, 5.41) is 16.6. The van der Waals surface area contributed by atoms with Crippen LogP contribution in [0.3, 0.4) is 0 Å². The van der Waals surface area contributed by atoms with Crippen LogP contribution in [0.25, 0.3) is 10.2 Å². The molecular weight excluding hydrogens is 266 g/mol. The van der Waals surface area contributed by atoms with Gasteiger partial charge in [-0.05, 0) is 24.8 Å². The summed E-state index contributed by atoms with van der Waals surface area (Å²) in [6.07, 6.45) is 0.775. The van der Waals surface area contributed by atoms with Gasteiger partial charge in [0.15, 0.2) is 0 Å². The molecule has 0 aromatic carbocycles. The van der Waals surface area contributed by atoms with Gasteiger partial charge in [-0.25, -0.2) is 9.97 Å². The Morgan fingerprint density at radius 2 is 2.33 bits per heavy atom. The number of hydrogen-bond acceptors (Lipinski definition) is 6. The van der Waals surface area contributed by atoms with E-state index in [1.165, 1.54) is 0 Å².